The number of rotatable bonds is 3. The van der Waals surface area contributed by atoms with Crippen LogP contribution in [0.5, 0.6) is 5.75 Å². The number of aromatic nitrogens is 2. The van der Waals surface area contributed by atoms with Gasteiger partial charge in [-0.25, -0.2) is 14.8 Å². The van der Waals surface area contributed by atoms with E-state index in [2.05, 4.69) is 9.97 Å². The molecule has 4 nitrogen and oxygen atoms in total. The molecule has 0 aliphatic rings. The monoisotopic (exact) mass is 280 g/mol. The van der Waals surface area contributed by atoms with Crippen molar-refractivity contribution in [1.29, 1.82) is 0 Å². The first-order chi connectivity index (χ1) is 8.70. The summed E-state index contributed by atoms with van der Waals surface area (Å²) in [6.45, 7) is 0. The number of para-hydroxylation sites is 1. The first kappa shape index (κ1) is 12.9. The Kier molecular flexibility index (Phi) is 4.17. The molecule has 0 unspecified atom stereocenters. The standard InChI is InChI=1S/C12H9ClN2O2S/c1-18-12-14-7-9(13)10(15-12)11(16)17-8-5-3-2-4-6-8/h2-7H,1H3. The van der Waals surface area contributed by atoms with E-state index in [0.29, 0.717) is 10.9 Å². The molecule has 0 atom stereocenters. The third kappa shape index (κ3) is 3.00. The Hall–Kier alpha value is -1.59. The van der Waals surface area contributed by atoms with Crippen molar-refractivity contribution < 1.29 is 9.53 Å². The predicted octanol–water partition coefficient (Wildman–Crippen LogP) is 3.07. The van der Waals surface area contributed by atoms with Crippen LogP contribution in [0.1, 0.15) is 10.5 Å². The summed E-state index contributed by atoms with van der Waals surface area (Å²) in [4.78, 5) is 19.9. The number of thioether (sulfide) groups is 1. The zero-order chi connectivity index (χ0) is 13.0. The average Bonchev–Trinajstić information content (AvgIpc) is 2.40. The minimum Gasteiger partial charge on any atom is -0.422 e. The summed E-state index contributed by atoms with van der Waals surface area (Å²) in [6, 6.07) is 8.75. The van der Waals surface area contributed by atoms with Crippen LogP contribution in [-0.2, 0) is 0 Å². The maximum absolute atomic E-state index is 11.9. The molecule has 0 amide bonds. The lowest BCUT2D eigenvalue weighted by Gasteiger charge is -2.05. The Balaban J connectivity index is 2.23. The van der Waals surface area contributed by atoms with Crippen LogP contribution >= 0.6 is 23.4 Å². The minimum atomic E-state index is -0.594. The maximum Gasteiger partial charge on any atom is 0.364 e. The highest BCUT2D eigenvalue weighted by Crippen LogP contribution is 2.19. The van der Waals surface area contributed by atoms with E-state index in [9.17, 15) is 4.79 Å². The molecule has 0 spiro atoms. The Morgan fingerprint density at radius 2 is 2.06 bits per heavy atom. The van der Waals surface area contributed by atoms with E-state index in [-0.39, 0.29) is 10.7 Å². The van der Waals surface area contributed by atoms with E-state index in [1.54, 1.807) is 24.3 Å². The van der Waals surface area contributed by atoms with Crippen molar-refractivity contribution in [3.8, 4) is 5.75 Å². The number of carbonyl (C=O) groups is 1. The second kappa shape index (κ2) is 5.84. The van der Waals surface area contributed by atoms with Gasteiger partial charge in [0.1, 0.15) is 5.75 Å². The Morgan fingerprint density at radius 3 is 2.72 bits per heavy atom. The molecule has 2 rings (SSSR count). The summed E-state index contributed by atoms with van der Waals surface area (Å²) in [5.74, 6) is -0.146. The Bertz CT molecular complexity index is 563. The molecule has 1 aromatic carbocycles. The van der Waals surface area contributed by atoms with Crippen molar-refractivity contribution in [3.63, 3.8) is 0 Å². The lowest BCUT2D eigenvalue weighted by atomic mass is 10.3. The molecule has 6 heteroatoms. The summed E-state index contributed by atoms with van der Waals surface area (Å²) in [5, 5.41) is 0.646. The number of hydrogen-bond donors (Lipinski definition) is 0. The first-order valence-corrected chi connectivity index (χ1v) is 6.64. The molecule has 0 N–H and O–H groups in total. The van der Waals surface area contributed by atoms with Crippen molar-refractivity contribution >= 4 is 29.3 Å². The molecule has 0 aliphatic carbocycles. The number of esters is 1. The SMILES string of the molecule is CSc1ncc(Cl)c(C(=O)Oc2ccccc2)n1. The van der Waals surface area contributed by atoms with Crippen molar-refractivity contribution in [2.45, 2.75) is 5.16 Å². The summed E-state index contributed by atoms with van der Waals surface area (Å²) in [7, 11) is 0. The molecule has 18 heavy (non-hydrogen) atoms. The topological polar surface area (TPSA) is 52.1 Å². The molecule has 1 aromatic heterocycles. The van der Waals surface area contributed by atoms with Crippen LogP contribution in [0.15, 0.2) is 41.7 Å². The van der Waals surface area contributed by atoms with Crippen LogP contribution in [0.2, 0.25) is 5.02 Å². The van der Waals surface area contributed by atoms with Gasteiger partial charge >= 0.3 is 5.97 Å². The summed E-state index contributed by atoms with van der Waals surface area (Å²) >= 11 is 7.21. The molecular weight excluding hydrogens is 272 g/mol. The summed E-state index contributed by atoms with van der Waals surface area (Å²) in [6.07, 6.45) is 3.21. The number of halogens is 1. The van der Waals surface area contributed by atoms with E-state index in [0.717, 1.165) is 0 Å². The van der Waals surface area contributed by atoms with Gasteiger partial charge in [0.2, 0.25) is 0 Å². The molecule has 0 saturated carbocycles. The summed E-state index contributed by atoms with van der Waals surface area (Å²) < 4.78 is 5.16. The van der Waals surface area contributed by atoms with Crippen LogP contribution in [0.25, 0.3) is 0 Å². The van der Waals surface area contributed by atoms with Gasteiger partial charge < -0.3 is 4.74 Å². The second-order valence-electron chi connectivity index (χ2n) is 3.26. The van der Waals surface area contributed by atoms with Crippen LogP contribution in [-0.4, -0.2) is 22.2 Å². The van der Waals surface area contributed by atoms with Gasteiger partial charge in [0.15, 0.2) is 10.9 Å². The average molecular weight is 281 g/mol. The van der Waals surface area contributed by atoms with Gasteiger partial charge in [-0.3, -0.25) is 0 Å². The van der Waals surface area contributed by atoms with E-state index in [1.807, 2.05) is 12.3 Å². The fourth-order valence-electron chi connectivity index (χ4n) is 1.24. The largest absolute Gasteiger partial charge is 0.422 e. The van der Waals surface area contributed by atoms with Crippen LogP contribution in [0, 0.1) is 0 Å². The van der Waals surface area contributed by atoms with Gasteiger partial charge in [0, 0.05) is 0 Å². The molecule has 2 aromatic rings. The lowest BCUT2D eigenvalue weighted by molar-refractivity contribution is 0.0727. The van der Waals surface area contributed by atoms with Crippen LogP contribution in [0.3, 0.4) is 0 Å². The Labute approximate surface area is 113 Å². The quantitative estimate of drug-likeness (QED) is 0.374. The van der Waals surface area contributed by atoms with E-state index >= 15 is 0 Å². The second-order valence-corrected chi connectivity index (χ2v) is 4.44. The fourth-order valence-corrected chi connectivity index (χ4v) is 1.75. The summed E-state index contributed by atoms with van der Waals surface area (Å²) in [5.41, 5.74) is 0.0693. The number of hydrogen-bond acceptors (Lipinski definition) is 5. The van der Waals surface area contributed by atoms with Gasteiger partial charge in [0.05, 0.1) is 11.2 Å². The predicted molar refractivity (Wildman–Crippen MR) is 70.2 cm³/mol. The Morgan fingerprint density at radius 1 is 1.33 bits per heavy atom. The number of benzene rings is 1. The van der Waals surface area contributed by atoms with E-state index in [4.69, 9.17) is 16.3 Å². The van der Waals surface area contributed by atoms with Crippen LogP contribution < -0.4 is 4.74 Å². The van der Waals surface area contributed by atoms with E-state index in [1.165, 1.54) is 18.0 Å². The maximum atomic E-state index is 11.9. The highest BCUT2D eigenvalue weighted by atomic mass is 35.5. The molecular formula is C12H9ClN2O2S. The van der Waals surface area contributed by atoms with Crippen molar-refractivity contribution in [1.82, 2.24) is 9.97 Å². The van der Waals surface area contributed by atoms with Crippen molar-refractivity contribution in [3.05, 3.63) is 47.2 Å². The zero-order valence-electron chi connectivity index (χ0n) is 9.46. The molecule has 92 valence electrons. The third-order valence-corrected chi connectivity index (χ3v) is 2.89. The van der Waals surface area contributed by atoms with Crippen molar-refractivity contribution in [2.75, 3.05) is 6.26 Å². The number of ether oxygens (including phenoxy) is 1. The van der Waals surface area contributed by atoms with Gasteiger partial charge in [-0.05, 0) is 18.4 Å². The molecule has 1 heterocycles. The number of carbonyl (C=O) groups excluding carboxylic acids is 1. The minimum absolute atomic E-state index is 0.0693. The number of nitrogens with zero attached hydrogens (tertiary/aromatic N) is 2. The van der Waals surface area contributed by atoms with Crippen LogP contribution in [0.4, 0.5) is 0 Å². The van der Waals surface area contributed by atoms with Gasteiger partial charge in [-0.15, -0.1) is 0 Å². The smallest absolute Gasteiger partial charge is 0.364 e. The highest BCUT2D eigenvalue weighted by molar-refractivity contribution is 7.98. The van der Waals surface area contributed by atoms with Crippen molar-refractivity contribution in [2.24, 2.45) is 0 Å². The molecule has 0 fully saturated rings. The molecule has 0 aliphatic heterocycles. The lowest BCUT2D eigenvalue weighted by Crippen LogP contribution is -2.12. The third-order valence-electron chi connectivity index (χ3n) is 2.05. The van der Waals surface area contributed by atoms with Gasteiger partial charge in [-0.2, -0.15) is 0 Å². The van der Waals surface area contributed by atoms with Gasteiger partial charge in [-0.1, -0.05) is 41.6 Å². The van der Waals surface area contributed by atoms with Gasteiger partial charge in [0.25, 0.3) is 0 Å². The first-order valence-electron chi connectivity index (χ1n) is 5.04. The highest BCUT2D eigenvalue weighted by Gasteiger charge is 2.16. The molecule has 0 bridgehead atoms. The molecule has 0 saturated heterocycles. The normalized spacial score (nSPS) is 10.1. The zero-order valence-corrected chi connectivity index (χ0v) is 11.0. The van der Waals surface area contributed by atoms with E-state index < -0.39 is 5.97 Å². The fraction of sp³-hybridized carbons (Fsp3) is 0.0833. The molecule has 0 radical (unpaired) electrons.